The van der Waals surface area contributed by atoms with E-state index in [0.29, 0.717) is 72.4 Å². The first-order valence-corrected chi connectivity index (χ1v) is 23.2. The summed E-state index contributed by atoms with van der Waals surface area (Å²) in [6.07, 6.45) is 9.18. The number of fused-ring (bicyclic) bond motifs is 2. The second-order valence-electron chi connectivity index (χ2n) is 17.3. The Labute approximate surface area is 395 Å². The highest BCUT2D eigenvalue weighted by Gasteiger charge is 2.65. The van der Waals surface area contributed by atoms with Crippen LogP contribution in [0, 0.1) is 39.5 Å². The Morgan fingerprint density at radius 1 is 0.926 bits per heavy atom. The molecule has 2 aliphatic carbocycles. The lowest BCUT2D eigenvalue weighted by molar-refractivity contribution is -0.384. The fourth-order valence-corrected chi connectivity index (χ4v) is 9.81. The minimum atomic E-state index is -1.63. The van der Waals surface area contributed by atoms with Crippen molar-refractivity contribution in [2.75, 3.05) is 26.4 Å². The van der Waals surface area contributed by atoms with Gasteiger partial charge < -0.3 is 34.0 Å². The molecule has 0 radical (unpaired) electrons. The van der Waals surface area contributed by atoms with Crippen LogP contribution in [0.4, 0.5) is 19.3 Å². The Morgan fingerprint density at radius 3 is 2.37 bits per heavy atom. The molecule has 360 valence electrons. The van der Waals surface area contributed by atoms with E-state index >= 15 is 0 Å². The number of nitrogens with zero attached hydrogens (tertiary/aromatic N) is 3. The van der Waals surface area contributed by atoms with E-state index in [2.05, 4.69) is 19.2 Å². The predicted octanol–water partition coefficient (Wildman–Crippen LogP) is 10.5. The molecular weight excluding hydrogens is 877 g/mol. The molecule has 7 rings (SSSR count). The summed E-state index contributed by atoms with van der Waals surface area (Å²) in [5.41, 5.74) is 3.65. The standard InChI is InChI=1S/C53H59F2N3O10/c1-3-5-29-64-52(61)57(33-36-16-20-40(54)21-17-36)49-32-47(56-67-34-37-18-22-41(23-19-37)58(62)63)44-30-38(12-8-10-26-59)43(14-9-11-27-60)50-45-31-42(65-35-39-13-6-7-15-46(39)55)24-25-48(45)68-53(49,51(44)50)66-28-4-2/h3-4,6-7,13,15-25,30-31,38,43,49-51,59-60H,1-2,5,8-12,14,26-29,32-35H2/t38-,43+,49-,50+,51+,53+/m0/s1. The molecular formula is C53H59F2N3O10. The van der Waals surface area contributed by atoms with E-state index in [4.69, 9.17) is 28.9 Å². The molecule has 0 spiro atoms. The van der Waals surface area contributed by atoms with Crippen LogP contribution in [-0.2, 0) is 34.1 Å². The summed E-state index contributed by atoms with van der Waals surface area (Å²) in [5, 5.41) is 36.2. The van der Waals surface area contributed by atoms with E-state index in [1.165, 1.54) is 30.3 Å². The van der Waals surface area contributed by atoms with Crippen molar-refractivity contribution in [2.24, 2.45) is 22.9 Å². The number of nitro benzene ring substituents is 1. The van der Waals surface area contributed by atoms with Crippen molar-refractivity contribution in [3.63, 3.8) is 0 Å². The maximum Gasteiger partial charge on any atom is 0.410 e. The first kappa shape index (κ1) is 49.5. The number of unbranched alkanes of at least 4 members (excludes halogenated alkanes) is 2. The monoisotopic (exact) mass is 935 g/mol. The second kappa shape index (κ2) is 23.5. The van der Waals surface area contributed by atoms with Crippen LogP contribution in [0.1, 0.15) is 79.5 Å². The number of halogens is 2. The fraction of sp³-hybridized carbons (Fsp3) is 0.396. The van der Waals surface area contributed by atoms with Gasteiger partial charge in [-0.3, -0.25) is 15.0 Å². The first-order valence-electron chi connectivity index (χ1n) is 23.2. The number of benzene rings is 4. The smallest absolute Gasteiger partial charge is 0.410 e. The molecule has 3 aliphatic rings. The van der Waals surface area contributed by atoms with Gasteiger partial charge in [-0.25, -0.2) is 13.6 Å². The molecule has 1 amide bonds. The summed E-state index contributed by atoms with van der Waals surface area (Å²) in [4.78, 5) is 33.3. The lowest BCUT2D eigenvalue weighted by Crippen LogP contribution is -2.70. The van der Waals surface area contributed by atoms with Crippen LogP contribution in [0.15, 0.2) is 133 Å². The van der Waals surface area contributed by atoms with Gasteiger partial charge in [0.05, 0.1) is 29.8 Å². The van der Waals surface area contributed by atoms with Gasteiger partial charge in [0, 0.05) is 55.4 Å². The van der Waals surface area contributed by atoms with Crippen molar-refractivity contribution in [3.8, 4) is 11.5 Å². The first-order chi connectivity index (χ1) is 33.1. The Bertz CT molecular complexity index is 2430. The van der Waals surface area contributed by atoms with Crippen molar-refractivity contribution < 1.29 is 52.5 Å². The van der Waals surface area contributed by atoms with Gasteiger partial charge >= 0.3 is 6.09 Å². The Kier molecular flexibility index (Phi) is 17.1. The molecule has 6 atom stereocenters. The second-order valence-corrected chi connectivity index (χ2v) is 17.3. The third kappa shape index (κ3) is 11.5. The molecule has 1 heterocycles. The predicted molar refractivity (Wildman–Crippen MR) is 252 cm³/mol. The van der Waals surface area contributed by atoms with Gasteiger partial charge in [-0.05, 0) is 109 Å². The molecule has 1 aliphatic heterocycles. The van der Waals surface area contributed by atoms with Crippen LogP contribution in [0.25, 0.3) is 0 Å². The maximum atomic E-state index is 14.8. The highest BCUT2D eigenvalue weighted by Crippen LogP contribution is 2.62. The molecule has 2 N–H and O–H groups in total. The molecule has 13 nitrogen and oxygen atoms in total. The zero-order valence-corrected chi connectivity index (χ0v) is 38.1. The number of aliphatic hydroxyl groups excluding tert-OH is 2. The number of non-ortho nitro benzene ring substituents is 1. The fourth-order valence-electron chi connectivity index (χ4n) is 9.81. The summed E-state index contributed by atoms with van der Waals surface area (Å²) in [5.74, 6) is -2.75. The average Bonchev–Trinajstić information content (AvgIpc) is 3.34. The number of allylic oxidation sites excluding steroid dienone is 1. The van der Waals surface area contributed by atoms with Crippen molar-refractivity contribution in [1.29, 1.82) is 0 Å². The van der Waals surface area contributed by atoms with E-state index in [9.17, 15) is 33.9 Å². The van der Waals surface area contributed by atoms with Crippen LogP contribution in [-0.4, -0.2) is 70.1 Å². The summed E-state index contributed by atoms with van der Waals surface area (Å²) < 4.78 is 55.8. The molecule has 68 heavy (non-hydrogen) atoms. The van der Waals surface area contributed by atoms with E-state index in [1.807, 2.05) is 12.1 Å². The number of ether oxygens (including phenoxy) is 4. The molecule has 1 saturated carbocycles. The molecule has 0 unspecified atom stereocenters. The van der Waals surface area contributed by atoms with Crippen LogP contribution in [0.2, 0.25) is 0 Å². The number of hydrogen-bond acceptors (Lipinski definition) is 11. The van der Waals surface area contributed by atoms with Crippen LogP contribution >= 0.6 is 0 Å². The number of amides is 1. The van der Waals surface area contributed by atoms with E-state index in [0.717, 1.165) is 17.6 Å². The number of carbonyl (C=O) groups is 1. The van der Waals surface area contributed by atoms with Gasteiger partial charge in [-0.15, -0.1) is 13.2 Å². The van der Waals surface area contributed by atoms with Crippen LogP contribution in [0.5, 0.6) is 11.5 Å². The van der Waals surface area contributed by atoms with E-state index in [1.54, 1.807) is 65.6 Å². The van der Waals surface area contributed by atoms with Crippen molar-refractivity contribution in [2.45, 2.75) is 88.9 Å². The number of carbonyl (C=O) groups excluding carboxylic acids is 1. The van der Waals surface area contributed by atoms with Gasteiger partial charge in [0.15, 0.2) is 0 Å². The Morgan fingerprint density at radius 2 is 1.66 bits per heavy atom. The third-order valence-corrected chi connectivity index (χ3v) is 13.0. The molecule has 0 saturated heterocycles. The number of rotatable bonds is 24. The zero-order chi connectivity index (χ0) is 48.0. The molecule has 0 bridgehead atoms. The number of oxime groups is 1. The SMILES string of the molecule is C=CCCOC(=O)N(Cc1ccc(F)cc1)[C@H]1CC(=NOCc2ccc([N+](=O)[O-])cc2)C2=C[C@H](CCCCO)[C@@H](CCCCO)[C@@H]3c4cc(OCc5ccccc5F)ccc4O[C@@]1(OCC=C)[C@H]23. The largest absolute Gasteiger partial charge is 0.489 e. The van der Waals surface area contributed by atoms with E-state index in [-0.39, 0.29) is 70.1 Å². The van der Waals surface area contributed by atoms with Crippen LogP contribution in [0.3, 0.4) is 0 Å². The highest BCUT2D eigenvalue weighted by atomic mass is 19.1. The zero-order valence-electron chi connectivity index (χ0n) is 38.1. The molecule has 4 aromatic rings. The van der Waals surface area contributed by atoms with Gasteiger partial charge in [0.25, 0.3) is 5.69 Å². The summed E-state index contributed by atoms with van der Waals surface area (Å²) in [6, 6.07) is 22.8. The summed E-state index contributed by atoms with van der Waals surface area (Å²) >= 11 is 0. The van der Waals surface area contributed by atoms with Crippen molar-refractivity contribution in [3.05, 3.63) is 172 Å². The molecule has 4 aromatic carbocycles. The minimum Gasteiger partial charge on any atom is -0.489 e. The Balaban J connectivity index is 1.43. The number of hydrogen-bond donors (Lipinski definition) is 2. The molecule has 0 aromatic heterocycles. The lowest BCUT2D eigenvalue weighted by Gasteiger charge is -2.59. The molecule has 15 heteroatoms. The van der Waals surface area contributed by atoms with Gasteiger partial charge in [-0.1, -0.05) is 66.6 Å². The van der Waals surface area contributed by atoms with Crippen molar-refractivity contribution >= 4 is 17.5 Å². The highest BCUT2D eigenvalue weighted by molar-refractivity contribution is 6.03. The Hall–Kier alpha value is -6.42. The van der Waals surface area contributed by atoms with E-state index < -0.39 is 46.3 Å². The summed E-state index contributed by atoms with van der Waals surface area (Å²) in [7, 11) is 0. The quantitative estimate of drug-likeness (QED) is 0.0299. The third-order valence-electron chi connectivity index (χ3n) is 13.0. The number of nitro groups is 1. The van der Waals surface area contributed by atoms with Gasteiger partial charge in [0.2, 0.25) is 5.79 Å². The van der Waals surface area contributed by atoms with Gasteiger partial charge in [0.1, 0.15) is 42.4 Å². The maximum absolute atomic E-state index is 14.8. The van der Waals surface area contributed by atoms with Gasteiger partial charge in [-0.2, -0.15) is 0 Å². The van der Waals surface area contributed by atoms with Crippen molar-refractivity contribution in [1.82, 2.24) is 4.90 Å². The topological polar surface area (TPSA) is 162 Å². The minimum absolute atomic E-state index is 0.00842. The lowest BCUT2D eigenvalue weighted by atomic mass is 9.55. The molecule has 1 fully saturated rings. The summed E-state index contributed by atoms with van der Waals surface area (Å²) in [6.45, 7) is 7.78. The van der Waals surface area contributed by atoms with Crippen LogP contribution < -0.4 is 9.47 Å². The average molecular weight is 936 g/mol. The normalized spacial score (nSPS) is 21.9. The number of aliphatic hydroxyl groups is 2.